The van der Waals surface area contributed by atoms with E-state index in [0.29, 0.717) is 5.69 Å². The maximum Gasteiger partial charge on any atom is 0.307 e. The van der Waals surface area contributed by atoms with E-state index in [2.05, 4.69) is 10.3 Å². The van der Waals surface area contributed by atoms with Gasteiger partial charge in [-0.2, -0.15) is 0 Å². The van der Waals surface area contributed by atoms with E-state index in [0.717, 1.165) is 16.7 Å². The van der Waals surface area contributed by atoms with Crippen molar-refractivity contribution in [3.63, 3.8) is 0 Å². The predicted molar refractivity (Wildman–Crippen MR) is 74.4 cm³/mol. The molecule has 1 aromatic heterocycles. The summed E-state index contributed by atoms with van der Waals surface area (Å²) in [5, 5.41) is 11.3. The number of aliphatic carboxylic acids is 1. The zero-order valence-electron chi connectivity index (χ0n) is 11.0. The van der Waals surface area contributed by atoms with E-state index >= 15 is 0 Å². The Balaban J connectivity index is 2.27. The van der Waals surface area contributed by atoms with Crippen LogP contribution in [0.3, 0.4) is 0 Å². The Morgan fingerprint density at radius 2 is 2.00 bits per heavy atom. The second-order valence-corrected chi connectivity index (χ2v) is 4.28. The van der Waals surface area contributed by atoms with Crippen molar-refractivity contribution in [2.24, 2.45) is 0 Å². The fourth-order valence-corrected chi connectivity index (χ4v) is 1.86. The number of carbonyl (C=O) groups is 2. The predicted octanol–water partition coefficient (Wildman–Crippen LogP) is 1.74. The van der Waals surface area contributed by atoms with Crippen molar-refractivity contribution in [2.45, 2.75) is 6.42 Å². The largest absolute Gasteiger partial charge is 0.481 e. The van der Waals surface area contributed by atoms with E-state index in [-0.39, 0.29) is 12.3 Å². The SMILES string of the molecule is CNC(=O)c1ccc(-c2cccc(CC(=O)O)c2)cn1. The molecule has 0 unspecified atom stereocenters. The zero-order valence-corrected chi connectivity index (χ0v) is 11.0. The molecule has 2 aromatic rings. The minimum Gasteiger partial charge on any atom is -0.481 e. The molecule has 1 aromatic carbocycles. The Morgan fingerprint density at radius 1 is 1.20 bits per heavy atom. The van der Waals surface area contributed by atoms with E-state index in [1.54, 1.807) is 37.5 Å². The van der Waals surface area contributed by atoms with Crippen LogP contribution >= 0.6 is 0 Å². The molecule has 5 nitrogen and oxygen atoms in total. The lowest BCUT2D eigenvalue weighted by atomic mass is 10.0. The molecule has 0 atom stereocenters. The third-order valence-electron chi connectivity index (χ3n) is 2.84. The van der Waals surface area contributed by atoms with Crippen molar-refractivity contribution in [2.75, 3.05) is 7.05 Å². The van der Waals surface area contributed by atoms with Gasteiger partial charge in [-0.05, 0) is 17.2 Å². The maximum atomic E-state index is 11.4. The van der Waals surface area contributed by atoms with Gasteiger partial charge in [0.05, 0.1) is 6.42 Å². The number of nitrogens with zero attached hydrogens (tertiary/aromatic N) is 1. The number of amides is 1. The number of hydrogen-bond donors (Lipinski definition) is 2. The molecule has 0 bridgehead atoms. The molecule has 0 aliphatic rings. The molecule has 0 saturated heterocycles. The van der Waals surface area contributed by atoms with Crippen molar-refractivity contribution in [3.05, 3.63) is 53.9 Å². The molecule has 0 spiro atoms. The number of carboxylic acids is 1. The Bertz CT molecular complexity index is 636. The van der Waals surface area contributed by atoms with E-state index in [4.69, 9.17) is 5.11 Å². The van der Waals surface area contributed by atoms with Gasteiger partial charge in [-0.1, -0.05) is 30.3 Å². The van der Waals surface area contributed by atoms with E-state index in [1.165, 1.54) is 0 Å². The molecule has 20 heavy (non-hydrogen) atoms. The summed E-state index contributed by atoms with van der Waals surface area (Å²) < 4.78 is 0. The molecule has 1 heterocycles. The monoisotopic (exact) mass is 270 g/mol. The number of pyridine rings is 1. The molecule has 0 radical (unpaired) electrons. The van der Waals surface area contributed by atoms with Crippen molar-refractivity contribution >= 4 is 11.9 Å². The molecule has 0 aliphatic carbocycles. The van der Waals surface area contributed by atoms with Gasteiger partial charge in [-0.25, -0.2) is 0 Å². The third kappa shape index (κ3) is 3.20. The highest BCUT2D eigenvalue weighted by atomic mass is 16.4. The van der Waals surface area contributed by atoms with Gasteiger partial charge >= 0.3 is 5.97 Å². The molecule has 1 amide bonds. The maximum absolute atomic E-state index is 11.4. The molecular formula is C15H14N2O3. The fourth-order valence-electron chi connectivity index (χ4n) is 1.86. The van der Waals surface area contributed by atoms with Gasteiger partial charge in [0, 0.05) is 18.8 Å². The van der Waals surface area contributed by atoms with Gasteiger partial charge in [0.15, 0.2) is 0 Å². The van der Waals surface area contributed by atoms with Crippen LogP contribution in [0, 0.1) is 0 Å². The Hall–Kier alpha value is -2.69. The van der Waals surface area contributed by atoms with Crippen molar-refractivity contribution < 1.29 is 14.7 Å². The Kier molecular flexibility index (Phi) is 4.10. The van der Waals surface area contributed by atoms with Crippen LogP contribution in [-0.2, 0) is 11.2 Å². The molecule has 102 valence electrons. The molecule has 0 aliphatic heterocycles. The van der Waals surface area contributed by atoms with Gasteiger partial charge in [0.2, 0.25) is 0 Å². The van der Waals surface area contributed by atoms with E-state index in [9.17, 15) is 9.59 Å². The third-order valence-corrected chi connectivity index (χ3v) is 2.84. The smallest absolute Gasteiger partial charge is 0.307 e. The summed E-state index contributed by atoms with van der Waals surface area (Å²) in [6, 6.07) is 10.7. The average molecular weight is 270 g/mol. The van der Waals surface area contributed by atoms with Crippen molar-refractivity contribution in [3.8, 4) is 11.1 Å². The van der Waals surface area contributed by atoms with Crippen LogP contribution in [0.5, 0.6) is 0 Å². The van der Waals surface area contributed by atoms with Crippen LogP contribution in [0.2, 0.25) is 0 Å². The number of aromatic nitrogens is 1. The highest BCUT2D eigenvalue weighted by Crippen LogP contribution is 2.20. The van der Waals surface area contributed by atoms with Gasteiger partial charge in [-0.15, -0.1) is 0 Å². The molecular weight excluding hydrogens is 256 g/mol. The van der Waals surface area contributed by atoms with Gasteiger partial charge in [0.1, 0.15) is 5.69 Å². The quantitative estimate of drug-likeness (QED) is 0.886. The van der Waals surface area contributed by atoms with Crippen LogP contribution in [-0.4, -0.2) is 29.0 Å². The van der Waals surface area contributed by atoms with Crippen molar-refractivity contribution in [1.82, 2.24) is 10.3 Å². The van der Waals surface area contributed by atoms with Crippen LogP contribution in [0.25, 0.3) is 11.1 Å². The summed E-state index contributed by atoms with van der Waals surface area (Å²) in [4.78, 5) is 26.2. The van der Waals surface area contributed by atoms with Crippen molar-refractivity contribution in [1.29, 1.82) is 0 Å². The van der Waals surface area contributed by atoms with Crippen LogP contribution in [0.15, 0.2) is 42.6 Å². The first kappa shape index (κ1) is 13.7. The van der Waals surface area contributed by atoms with Gasteiger partial charge < -0.3 is 10.4 Å². The lowest BCUT2D eigenvalue weighted by Crippen LogP contribution is -2.18. The molecule has 0 fully saturated rings. The minimum absolute atomic E-state index is 0.0163. The standard InChI is InChI=1S/C15H14N2O3/c1-16-15(20)13-6-5-12(9-17-13)11-4-2-3-10(7-11)8-14(18)19/h2-7,9H,8H2,1H3,(H,16,20)(H,18,19). The van der Waals surface area contributed by atoms with Crippen LogP contribution in [0.4, 0.5) is 0 Å². The number of hydrogen-bond acceptors (Lipinski definition) is 3. The summed E-state index contributed by atoms with van der Waals surface area (Å²) in [6.45, 7) is 0. The summed E-state index contributed by atoms with van der Waals surface area (Å²) in [5.74, 6) is -1.11. The number of nitrogens with one attached hydrogen (secondary N) is 1. The Labute approximate surface area is 116 Å². The molecule has 2 N–H and O–H groups in total. The normalized spacial score (nSPS) is 10.1. The molecule has 5 heteroatoms. The minimum atomic E-state index is -0.866. The summed E-state index contributed by atoms with van der Waals surface area (Å²) in [6.07, 6.45) is 1.59. The van der Waals surface area contributed by atoms with Gasteiger partial charge in [-0.3, -0.25) is 14.6 Å². The van der Waals surface area contributed by atoms with E-state index < -0.39 is 5.97 Å². The first-order chi connectivity index (χ1) is 9.60. The molecule has 2 rings (SSSR count). The summed E-state index contributed by atoms with van der Waals surface area (Å²) in [5.41, 5.74) is 2.79. The fraction of sp³-hybridized carbons (Fsp3) is 0.133. The van der Waals surface area contributed by atoms with Gasteiger partial charge in [0.25, 0.3) is 5.91 Å². The first-order valence-electron chi connectivity index (χ1n) is 6.09. The highest BCUT2D eigenvalue weighted by Gasteiger charge is 2.06. The number of carbonyl (C=O) groups excluding carboxylic acids is 1. The van der Waals surface area contributed by atoms with Crippen LogP contribution in [0.1, 0.15) is 16.1 Å². The number of rotatable bonds is 4. The second-order valence-electron chi connectivity index (χ2n) is 4.28. The highest BCUT2D eigenvalue weighted by molar-refractivity contribution is 5.92. The average Bonchev–Trinajstić information content (AvgIpc) is 2.46. The lowest BCUT2D eigenvalue weighted by molar-refractivity contribution is -0.136. The van der Waals surface area contributed by atoms with Crippen LogP contribution < -0.4 is 5.32 Å². The lowest BCUT2D eigenvalue weighted by Gasteiger charge is -2.05. The Morgan fingerprint density at radius 3 is 2.60 bits per heavy atom. The molecule has 0 saturated carbocycles. The zero-order chi connectivity index (χ0) is 14.5. The number of carboxylic acid groups (broad SMARTS) is 1. The second kappa shape index (κ2) is 5.97. The summed E-state index contributed by atoms with van der Waals surface area (Å²) >= 11 is 0. The number of benzene rings is 1. The van der Waals surface area contributed by atoms with E-state index in [1.807, 2.05) is 12.1 Å². The first-order valence-corrected chi connectivity index (χ1v) is 6.09. The summed E-state index contributed by atoms with van der Waals surface area (Å²) in [7, 11) is 1.55. The topological polar surface area (TPSA) is 79.3 Å².